The molecule has 1 heterocycles. The van der Waals surface area contributed by atoms with Crippen molar-refractivity contribution >= 4 is 5.96 Å². The molecule has 1 aromatic rings. The second-order valence-corrected chi connectivity index (χ2v) is 5.53. The van der Waals surface area contributed by atoms with Crippen molar-refractivity contribution < 1.29 is 22.3 Å². The molecule has 0 saturated heterocycles. The summed E-state index contributed by atoms with van der Waals surface area (Å²) in [5.74, 6) is 1.37. The summed E-state index contributed by atoms with van der Waals surface area (Å²) in [6.07, 6.45) is -1.84. The standard InChI is InChI=1S/C16H27F3N4O2/c1-3-20-15(22-8-9-23(2)13-16(17,18)19)21-7-5-10-24-12-14-6-4-11-25-14/h4,6,11H,3,5,7-10,12-13H2,1-2H3,(H2,20,21,22). The Morgan fingerprint density at radius 2 is 2.16 bits per heavy atom. The van der Waals surface area contributed by atoms with Crippen LogP contribution >= 0.6 is 0 Å². The third kappa shape index (κ3) is 11.4. The summed E-state index contributed by atoms with van der Waals surface area (Å²) in [6, 6.07) is 3.66. The number of ether oxygens (including phenoxy) is 1. The fourth-order valence-electron chi connectivity index (χ4n) is 2.02. The van der Waals surface area contributed by atoms with Gasteiger partial charge in [-0.2, -0.15) is 13.2 Å². The van der Waals surface area contributed by atoms with Gasteiger partial charge in [0.2, 0.25) is 0 Å². The molecular formula is C16H27F3N4O2. The molecule has 0 aliphatic rings. The highest BCUT2D eigenvalue weighted by atomic mass is 19.4. The first-order valence-electron chi connectivity index (χ1n) is 8.28. The Morgan fingerprint density at radius 1 is 1.36 bits per heavy atom. The van der Waals surface area contributed by atoms with Crippen molar-refractivity contribution in [3.8, 4) is 0 Å². The number of aliphatic imine (C=N–C) groups is 1. The number of hydrogen-bond acceptors (Lipinski definition) is 4. The lowest BCUT2D eigenvalue weighted by molar-refractivity contribution is -0.142. The molecular weight excluding hydrogens is 337 g/mol. The number of nitrogens with one attached hydrogen (secondary N) is 2. The van der Waals surface area contributed by atoms with Gasteiger partial charge in [-0.05, 0) is 32.5 Å². The van der Waals surface area contributed by atoms with E-state index >= 15 is 0 Å². The summed E-state index contributed by atoms with van der Waals surface area (Å²) in [5, 5.41) is 6.08. The molecule has 0 aliphatic heterocycles. The lowest BCUT2D eigenvalue weighted by atomic mass is 10.4. The Hall–Kier alpha value is -1.74. The number of alkyl halides is 3. The van der Waals surface area contributed by atoms with Crippen LogP contribution in [-0.2, 0) is 11.3 Å². The van der Waals surface area contributed by atoms with Crippen molar-refractivity contribution in [3.05, 3.63) is 24.2 Å². The van der Waals surface area contributed by atoms with Crippen molar-refractivity contribution in [2.24, 2.45) is 4.99 Å². The molecule has 1 rings (SSSR count). The Bertz CT molecular complexity index is 478. The van der Waals surface area contributed by atoms with Gasteiger partial charge in [-0.3, -0.25) is 9.89 Å². The minimum atomic E-state index is -4.18. The minimum Gasteiger partial charge on any atom is -0.467 e. The molecule has 0 amide bonds. The van der Waals surface area contributed by atoms with Crippen molar-refractivity contribution in [1.29, 1.82) is 0 Å². The average molecular weight is 364 g/mol. The van der Waals surface area contributed by atoms with E-state index in [4.69, 9.17) is 9.15 Å². The summed E-state index contributed by atoms with van der Waals surface area (Å²) < 4.78 is 47.4. The molecule has 0 saturated carbocycles. The van der Waals surface area contributed by atoms with E-state index < -0.39 is 12.7 Å². The molecule has 0 radical (unpaired) electrons. The predicted octanol–water partition coefficient (Wildman–Crippen LogP) is 2.24. The molecule has 1 aromatic heterocycles. The van der Waals surface area contributed by atoms with E-state index in [1.807, 2.05) is 19.1 Å². The number of rotatable bonds is 11. The zero-order valence-corrected chi connectivity index (χ0v) is 14.7. The molecule has 0 bridgehead atoms. The molecule has 2 N–H and O–H groups in total. The quantitative estimate of drug-likeness (QED) is 0.358. The van der Waals surface area contributed by atoms with Crippen molar-refractivity contribution in [2.45, 2.75) is 26.1 Å². The lowest BCUT2D eigenvalue weighted by Crippen LogP contribution is -2.42. The maximum atomic E-state index is 12.3. The SMILES string of the molecule is CCNC(=NCCCOCc1ccco1)NCCN(C)CC(F)(F)F. The zero-order valence-electron chi connectivity index (χ0n) is 14.7. The second-order valence-electron chi connectivity index (χ2n) is 5.53. The molecule has 0 spiro atoms. The van der Waals surface area contributed by atoms with Crippen LogP contribution < -0.4 is 10.6 Å². The molecule has 0 atom stereocenters. The van der Waals surface area contributed by atoms with E-state index in [-0.39, 0.29) is 6.54 Å². The lowest BCUT2D eigenvalue weighted by Gasteiger charge is -2.19. The number of guanidine groups is 1. The van der Waals surface area contributed by atoms with Gasteiger partial charge < -0.3 is 19.8 Å². The maximum Gasteiger partial charge on any atom is 0.401 e. The molecule has 9 heteroatoms. The minimum absolute atomic E-state index is 0.274. The largest absolute Gasteiger partial charge is 0.467 e. The van der Waals surface area contributed by atoms with E-state index in [0.717, 1.165) is 12.2 Å². The van der Waals surface area contributed by atoms with Gasteiger partial charge in [0.1, 0.15) is 12.4 Å². The fraction of sp³-hybridized carbons (Fsp3) is 0.688. The van der Waals surface area contributed by atoms with Gasteiger partial charge in [-0.15, -0.1) is 0 Å². The van der Waals surface area contributed by atoms with Gasteiger partial charge in [-0.1, -0.05) is 0 Å². The van der Waals surface area contributed by atoms with Crippen LogP contribution in [0.1, 0.15) is 19.1 Å². The topological polar surface area (TPSA) is 62.0 Å². The van der Waals surface area contributed by atoms with Gasteiger partial charge in [0.05, 0.1) is 12.8 Å². The Morgan fingerprint density at radius 3 is 2.80 bits per heavy atom. The highest BCUT2D eigenvalue weighted by Crippen LogP contribution is 2.14. The summed E-state index contributed by atoms with van der Waals surface area (Å²) in [4.78, 5) is 5.59. The zero-order chi connectivity index (χ0) is 18.5. The molecule has 144 valence electrons. The maximum absolute atomic E-state index is 12.3. The third-order valence-electron chi connectivity index (χ3n) is 3.12. The van der Waals surface area contributed by atoms with Crippen LogP contribution in [0.15, 0.2) is 27.8 Å². The first kappa shape index (κ1) is 21.3. The van der Waals surface area contributed by atoms with Crippen LogP contribution in [0.3, 0.4) is 0 Å². The van der Waals surface area contributed by atoms with Gasteiger partial charge >= 0.3 is 6.18 Å². The highest BCUT2D eigenvalue weighted by Gasteiger charge is 2.28. The monoisotopic (exact) mass is 364 g/mol. The smallest absolute Gasteiger partial charge is 0.401 e. The summed E-state index contributed by atoms with van der Waals surface area (Å²) in [5.41, 5.74) is 0. The van der Waals surface area contributed by atoms with Gasteiger partial charge in [-0.25, -0.2) is 0 Å². The normalized spacial score (nSPS) is 12.6. The van der Waals surface area contributed by atoms with Crippen molar-refractivity contribution in [3.63, 3.8) is 0 Å². The first-order valence-corrected chi connectivity index (χ1v) is 8.28. The van der Waals surface area contributed by atoms with E-state index in [0.29, 0.717) is 38.8 Å². The van der Waals surface area contributed by atoms with Crippen molar-refractivity contribution in [2.75, 3.05) is 46.4 Å². The van der Waals surface area contributed by atoms with Gasteiger partial charge in [0.15, 0.2) is 5.96 Å². The number of hydrogen-bond donors (Lipinski definition) is 2. The summed E-state index contributed by atoms with van der Waals surface area (Å²) in [7, 11) is 1.44. The van der Waals surface area contributed by atoms with Gasteiger partial charge in [0, 0.05) is 32.8 Å². The van der Waals surface area contributed by atoms with Crippen LogP contribution in [0.4, 0.5) is 13.2 Å². The van der Waals surface area contributed by atoms with E-state index in [1.54, 1.807) is 6.26 Å². The number of halogens is 3. The number of nitrogens with zero attached hydrogens (tertiary/aromatic N) is 2. The van der Waals surface area contributed by atoms with Crippen molar-refractivity contribution in [1.82, 2.24) is 15.5 Å². The Balaban J connectivity index is 2.17. The van der Waals surface area contributed by atoms with Crippen LogP contribution in [0.25, 0.3) is 0 Å². The average Bonchev–Trinajstić information content (AvgIpc) is 3.02. The highest BCUT2D eigenvalue weighted by molar-refractivity contribution is 5.79. The first-order chi connectivity index (χ1) is 11.9. The van der Waals surface area contributed by atoms with Gasteiger partial charge in [0.25, 0.3) is 0 Å². The number of furan rings is 1. The molecule has 0 aliphatic carbocycles. The van der Waals surface area contributed by atoms with Crippen LogP contribution in [0.2, 0.25) is 0 Å². The Labute approximate surface area is 146 Å². The molecule has 6 nitrogen and oxygen atoms in total. The van der Waals surface area contributed by atoms with Crippen LogP contribution in [0.5, 0.6) is 0 Å². The third-order valence-corrected chi connectivity index (χ3v) is 3.12. The second kappa shape index (κ2) is 11.8. The van der Waals surface area contributed by atoms with E-state index in [9.17, 15) is 13.2 Å². The molecule has 25 heavy (non-hydrogen) atoms. The predicted molar refractivity (Wildman–Crippen MR) is 90.5 cm³/mol. The fourth-order valence-corrected chi connectivity index (χ4v) is 2.02. The van der Waals surface area contributed by atoms with E-state index in [1.165, 1.54) is 11.9 Å². The van der Waals surface area contributed by atoms with Crippen LogP contribution in [0, 0.1) is 0 Å². The summed E-state index contributed by atoms with van der Waals surface area (Å²) >= 11 is 0. The van der Waals surface area contributed by atoms with Crippen LogP contribution in [-0.4, -0.2) is 63.4 Å². The molecule has 0 aromatic carbocycles. The Kier molecular flexibility index (Phi) is 10.0. The number of likely N-dealkylation sites (N-methyl/N-ethyl adjacent to an activating group) is 1. The molecule has 0 fully saturated rings. The van der Waals surface area contributed by atoms with E-state index in [2.05, 4.69) is 15.6 Å². The molecule has 0 unspecified atom stereocenters. The summed E-state index contributed by atoms with van der Waals surface area (Å²) in [6.45, 7) is 3.89.